The minimum absolute atomic E-state index is 0.723. The van der Waals surface area contributed by atoms with Crippen molar-refractivity contribution in [3.05, 3.63) is 0 Å². The second-order valence-electron chi connectivity index (χ2n) is 5.13. The van der Waals surface area contributed by atoms with E-state index < -0.39 is 0 Å². The molecule has 0 aromatic heterocycles. The fraction of sp³-hybridized carbons (Fsp3) is 1.00. The summed E-state index contributed by atoms with van der Waals surface area (Å²) in [6, 6.07) is 0.723. The zero-order valence-electron chi connectivity index (χ0n) is 12.6. The molecule has 1 atom stereocenters. The summed E-state index contributed by atoms with van der Waals surface area (Å²) in [6.07, 6.45) is 3.88. The molecule has 0 saturated carbocycles. The van der Waals surface area contributed by atoms with Crippen LogP contribution in [-0.2, 0) is 0 Å². The van der Waals surface area contributed by atoms with Crippen molar-refractivity contribution < 1.29 is 0 Å². The van der Waals surface area contributed by atoms with Crippen LogP contribution in [0.1, 0.15) is 40.0 Å². The van der Waals surface area contributed by atoms with E-state index >= 15 is 0 Å². The summed E-state index contributed by atoms with van der Waals surface area (Å²) >= 11 is 0. The van der Waals surface area contributed by atoms with Crippen LogP contribution >= 0.6 is 0 Å². The van der Waals surface area contributed by atoms with E-state index in [0.717, 1.165) is 19.1 Å². The maximum absolute atomic E-state index is 3.39. The van der Waals surface area contributed by atoms with Crippen LogP contribution in [0.15, 0.2) is 0 Å². The average Bonchev–Trinajstić information content (AvgIpc) is 2.29. The Hall–Kier alpha value is -0.120. The molecule has 0 bridgehead atoms. The van der Waals surface area contributed by atoms with Gasteiger partial charge in [-0.2, -0.15) is 0 Å². The maximum Gasteiger partial charge on any atom is 0.00672 e. The third-order valence-electron chi connectivity index (χ3n) is 3.31. The molecule has 0 aromatic carbocycles. The number of rotatable bonds is 11. The molecule has 17 heavy (non-hydrogen) atoms. The Morgan fingerprint density at radius 1 is 1.06 bits per heavy atom. The van der Waals surface area contributed by atoms with E-state index in [0.29, 0.717) is 0 Å². The van der Waals surface area contributed by atoms with Crippen molar-refractivity contribution in [3.63, 3.8) is 0 Å². The first-order chi connectivity index (χ1) is 8.11. The Morgan fingerprint density at radius 3 is 2.29 bits per heavy atom. The SMILES string of the molecule is CCNCCCC(C)N(CC)CCCN(C)C. The Labute approximate surface area is 109 Å². The minimum Gasteiger partial charge on any atom is -0.317 e. The van der Waals surface area contributed by atoms with Crippen LogP contribution in [0.4, 0.5) is 0 Å². The van der Waals surface area contributed by atoms with Gasteiger partial charge in [0.05, 0.1) is 0 Å². The molecule has 0 saturated heterocycles. The zero-order chi connectivity index (χ0) is 13.1. The van der Waals surface area contributed by atoms with Crippen LogP contribution in [-0.4, -0.2) is 62.7 Å². The third kappa shape index (κ3) is 9.57. The van der Waals surface area contributed by atoms with E-state index in [9.17, 15) is 0 Å². The lowest BCUT2D eigenvalue weighted by Crippen LogP contribution is -2.35. The van der Waals surface area contributed by atoms with Gasteiger partial charge in [-0.3, -0.25) is 0 Å². The summed E-state index contributed by atoms with van der Waals surface area (Å²) < 4.78 is 0. The highest BCUT2D eigenvalue weighted by atomic mass is 15.1. The number of hydrogen-bond donors (Lipinski definition) is 1. The van der Waals surface area contributed by atoms with Crippen LogP contribution in [0.25, 0.3) is 0 Å². The summed E-state index contributed by atoms with van der Waals surface area (Å²) in [4.78, 5) is 4.87. The van der Waals surface area contributed by atoms with Gasteiger partial charge in [-0.25, -0.2) is 0 Å². The highest BCUT2D eigenvalue weighted by molar-refractivity contribution is 4.67. The van der Waals surface area contributed by atoms with Gasteiger partial charge in [0.15, 0.2) is 0 Å². The molecule has 0 aliphatic carbocycles. The number of hydrogen-bond acceptors (Lipinski definition) is 3. The lowest BCUT2D eigenvalue weighted by Gasteiger charge is -2.28. The quantitative estimate of drug-likeness (QED) is 0.560. The fourth-order valence-electron chi connectivity index (χ4n) is 2.16. The third-order valence-corrected chi connectivity index (χ3v) is 3.31. The van der Waals surface area contributed by atoms with Gasteiger partial charge < -0.3 is 15.1 Å². The van der Waals surface area contributed by atoms with Gasteiger partial charge in [-0.1, -0.05) is 13.8 Å². The van der Waals surface area contributed by atoms with Gasteiger partial charge in [0.1, 0.15) is 0 Å². The van der Waals surface area contributed by atoms with E-state index in [1.165, 1.54) is 38.9 Å². The van der Waals surface area contributed by atoms with Crippen molar-refractivity contribution in [2.24, 2.45) is 0 Å². The molecule has 1 N–H and O–H groups in total. The largest absolute Gasteiger partial charge is 0.317 e. The molecule has 0 fully saturated rings. The smallest absolute Gasteiger partial charge is 0.00672 e. The first kappa shape index (κ1) is 16.9. The summed E-state index contributed by atoms with van der Waals surface area (Å²) in [5, 5.41) is 3.39. The lowest BCUT2D eigenvalue weighted by atomic mass is 10.1. The Balaban J connectivity index is 3.67. The van der Waals surface area contributed by atoms with Gasteiger partial charge >= 0.3 is 0 Å². The second-order valence-corrected chi connectivity index (χ2v) is 5.13. The fourth-order valence-corrected chi connectivity index (χ4v) is 2.16. The zero-order valence-corrected chi connectivity index (χ0v) is 12.6. The van der Waals surface area contributed by atoms with E-state index in [1.807, 2.05) is 0 Å². The van der Waals surface area contributed by atoms with Gasteiger partial charge in [0, 0.05) is 6.04 Å². The van der Waals surface area contributed by atoms with Crippen LogP contribution < -0.4 is 5.32 Å². The highest BCUT2D eigenvalue weighted by Gasteiger charge is 2.10. The average molecular weight is 243 g/mol. The molecule has 104 valence electrons. The minimum atomic E-state index is 0.723. The van der Waals surface area contributed by atoms with E-state index in [4.69, 9.17) is 0 Å². The van der Waals surface area contributed by atoms with Crippen LogP contribution in [0, 0.1) is 0 Å². The van der Waals surface area contributed by atoms with Gasteiger partial charge in [-0.05, 0) is 73.0 Å². The van der Waals surface area contributed by atoms with Gasteiger partial charge in [0.25, 0.3) is 0 Å². The molecule has 3 nitrogen and oxygen atoms in total. The van der Waals surface area contributed by atoms with Crippen molar-refractivity contribution in [1.82, 2.24) is 15.1 Å². The highest BCUT2D eigenvalue weighted by Crippen LogP contribution is 2.07. The summed E-state index contributed by atoms with van der Waals surface area (Å²) in [7, 11) is 4.30. The van der Waals surface area contributed by atoms with Crippen molar-refractivity contribution in [3.8, 4) is 0 Å². The molecule has 0 rings (SSSR count). The van der Waals surface area contributed by atoms with Gasteiger partial charge in [-0.15, -0.1) is 0 Å². The monoisotopic (exact) mass is 243 g/mol. The predicted octanol–water partition coefficient (Wildman–Crippen LogP) is 2.04. The molecule has 3 heteroatoms. The molecule has 0 spiro atoms. The molecule has 0 amide bonds. The summed E-state index contributed by atoms with van der Waals surface area (Å²) in [5.41, 5.74) is 0. The van der Waals surface area contributed by atoms with E-state index in [1.54, 1.807) is 0 Å². The molecule has 0 aliphatic rings. The molecular formula is C14H33N3. The normalized spacial score (nSPS) is 13.6. The van der Waals surface area contributed by atoms with Crippen LogP contribution in [0.5, 0.6) is 0 Å². The van der Waals surface area contributed by atoms with Crippen molar-refractivity contribution in [2.45, 2.75) is 46.1 Å². The molecule has 0 aliphatic heterocycles. The molecular weight excluding hydrogens is 210 g/mol. The first-order valence-corrected chi connectivity index (χ1v) is 7.21. The lowest BCUT2D eigenvalue weighted by molar-refractivity contribution is 0.197. The Bertz CT molecular complexity index is 160. The number of nitrogens with zero attached hydrogens (tertiary/aromatic N) is 2. The molecule has 0 aromatic rings. The molecule has 0 radical (unpaired) electrons. The summed E-state index contributed by atoms with van der Waals surface area (Å²) in [5.74, 6) is 0. The van der Waals surface area contributed by atoms with Gasteiger partial charge in [0.2, 0.25) is 0 Å². The van der Waals surface area contributed by atoms with Crippen molar-refractivity contribution in [1.29, 1.82) is 0 Å². The number of nitrogens with one attached hydrogen (secondary N) is 1. The Morgan fingerprint density at radius 2 is 1.76 bits per heavy atom. The van der Waals surface area contributed by atoms with Crippen molar-refractivity contribution in [2.75, 3.05) is 46.8 Å². The first-order valence-electron chi connectivity index (χ1n) is 7.21. The topological polar surface area (TPSA) is 18.5 Å². The van der Waals surface area contributed by atoms with E-state index in [-0.39, 0.29) is 0 Å². The van der Waals surface area contributed by atoms with E-state index in [2.05, 4.69) is 50.0 Å². The standard InChI is InChI=1S/C14H33N3/c1-6-15-11-8-10-14(3)17(7-2)13-9-12-16(4)5/h14-15H,6-13H2,1-5H3. The second kappa shape index (κ2) is 11.0. The Kier molecular flexibility index (Phi) is 10.9. The van der Waals surface area contributed by atoms with Crippen molar-refractivity contribution >= 4 is 0 Å². The molecule has 1 unspecified atom stereocenters. The summed E-state index contributed by atoms with van der Waals surface area (Å²) in [6.45, 7) is 12.7. The maximum atomic E-state index is 3.39. The molecule has 0 heterocycles. The predicted molar refractivity (Wildman–Crippen MR) is 77.7 cm³/mol. The van der Waals surface area contributed by atoms with Crippen LogP contribution in [0.2, 0.25) is 0 Å². The van der Waals surface area contributed by atoms with Crippen LogP contribution in [0.3, 0.4) is 0 Å².